The summed E-state index contributed by atoms with van der Waals surface area (Å²) in [5.74, 6) is 0.0602. The Morgan fingerprint density at radius 1 is 1.28 bits per heavy atom. The molecule has 0 aliphatic carbocycles. The van der Waals surface area contributed by atoms with Crippen molar-refractivity contribution in [2.24, 2.45) is 5.92 Å². The number of halogens is 3. The Balaban J connectivity index is 2.12. The molecule has 0 spiro atoms. The summed E-state index contributed by atoms with van der Waals surface area (Å²) in [6, 6.07) is 6.34. The monoisotopic (exact) mass is 405 g/mol. The molecule has 0 saturated heterocycles. The van der Waals surface area contributed by atoms with Crippen LogP contribution in [0.5, 0.6) is 0 Å². The SMILES string of the molecule is CCC(C)CN(C)C(=O)c1cc(-c2cccc(C(F)(F)F)c2)nc2onc(C)c12. The second kappa shape index (κ2) is 7.85. The molecule has 0 fully saturated rings. The fraction of sp³-hybridized carbons (Fsp3) is 0.381. The first-order valence-electron chi connectivity index (χ1n) is 9.32. The van der Waals surface area contributed by atoms with E-state index in [0.29, 0.717) is 29.1 Å². The number of aromatic nitrogens is 2. The Bertz CT molecular complexity index is 1040. The number of aryl methyl sites for hydroxylation is 1. The van der Waals surface area contributed by atoms with Crippen LogP contribution in [0.25, 0.3) is 22.4 Å². The maximum absolute atomic E-state index is 13.1. The van der Waals surface area contributed by atoms with Crippen LogP contribution in [0.3, 0.4) is 0 Å². The molecule has 0 saturated carbocycles. The maximum Gasteiger partial charge on any atom is 0.416 e. The van der Waals surface area contributed by atoms with Crippen LogP contribution in [-0.2, 0) is 6.18 Å². The largest absolute Gasteiger partial charge is 0.416 e. The number of fused-ring (bicyclic) bond motifs is 1. The predicted molar refractivity (Wildman–Crippen MR) is 103 cm³/mol. The van der Waals surface area contributed by atoms with E-state index in [2.05, 4.69) is 10.1 Å². The number of rotatable bonds is 5. The quantitative estimate of drug-likeness (QED) is 0.575. The molecule has 1 aromatic carbocycles. The Morgan fingerprint density at radius 2 is 2.00 bits per heavy atom. The van der Waals surface area contributed by atoms with Gasteiger partial charge in [0.2, 0.25) is 0 Å². The van der Waals surface area contributed by atoms with Gasteiger partial charge in [0, 0.05) is 19.2 Å². The highest BCUT2D eigenvalue weighted by Crippen LogP contribution is 2.33. The van der Waals surface area contributed by atoms with Crippen molar-refractivity contribution in [3.8, 4) is 11.3 Å². The molecule has 2 heterocycles. The van der Waals surface area contributed by atoms with E-state index in [-0.39, 0.29) is 22.9 Å². The van der Waals surface area contributed by atoms with Gasteiger partial charge in [0.1, 0.15) is 0 Å². The Kier molecular flexibility index (Phi) is 5.64. The Morgan fingerprint density at radius 3 is 2.66 bits per heavy atom. The number of carbonyl (C=O) groups is 1. The number of hydrogen-bond acceptors (Lipinski definition) is 4. The van der Waals surface area contributed by atoms with Gasteiger partial charge < -0.3 is 9.42 Å². The molecule has 8 heteroatoms. The number of amides is 1. The van der Waals surface area contributed by atoms with E-state index in [1.165, 1.54) is 18.2 Å². The number of nitrogens with zero attached hydrogens (tertiary/aromatic N) is 3. The molecule has 1 amide bonds. The van der Waals surface area contributed by atoms with Crippen molar-refractivity contribution in [3.05, 3.63) is 47.2 Å². The van der Waals surface area contributed by atoms with Gasteiger partial charge in [-0.05, 0) is 31.0 Å². The van der Waals surface area contributed by atoms with Crippen LogP contribution >= 0.6 is 0 Å². The van der Waals surface area contributed by atoms with Crippen molar-refractivity contribution >= 4 is 17.0 Å². The highest BCUT2D eigenvalue weighted by atomic mass is 19.4. The van der Waals surface area contributed by atoms with E-state index >= 15 is 0 Å². The Labute approximate surface area is 166 Å². The van der Waals surface area contributed by atoms with Gasteiger partial charge in [-0.3, -0.25) is 4.79 Å². The lowest BCUT2D eigenvalue weighted by Crippen LogP contribution is -2.31. The summed E-state index contributed by atoms with van der Waals surface area (Å²) in [6.07, 6.45) is -3.55. The summed E-state index contributed by atoms with van der Waals surface area (Å²) in [5, 5.41) is 4.35. The molecule has 154 valence electrons. The smallest absolute Gasteiger partial charge is 0.341 e. The van der Waals surface area contributed by atoms with Crippen molar-refractivity contribution in [3.63, 3.8) is 0 Å². The highest BCUT2D eigenvalue weighted by molar-refractivity contribution is 6.06. The van der Waals surface area contributed by atoms with Crippen LogP contribution in [0.2, 0.25) is 0 Å². The fourth-order valence-corrected chi connectivity index (χ4v) is 3.15. The van der Waals surface area contributed by atoms with Gasteiger partial charge in [0.25, 0.3) is 11.6 Å². The van der Waals surface area contributed by atoms with Crippen LogP contribution < -0.4 is 0 Å². The summed E-state index contributed by atoms with van der Waals surface area (Å²) in [5.41, 5.74) is 0.620. The molecule has 1 atom stereocenters. The van der Waals surface area contributed by atoms with Crippen molar-refractivity contribution < 1.29 is 22.5 Å². The van der Waals surface area contributed by atoms with E-state index < -0.39 is 11.7 Å². The molecule has 0 aliphatic heterocycles. The molecule has 1 unspecified atom stereocenters. The van der Waals surface area contributed by atoms with Gasteiger partial charge >= 0.3 is 6.18 Å². The average Bonchev–Trinajstić information content (AvgIpc) is 3.07. The van der Waals surface area contributed by atoms with Crippen LogP contribution in [0.4, 0.5) is 13.2 Å². The number of pyridine rings is 1. The molecule has 5 nitrogen and oxygen atoms in total. The van der Waals surface area contributed by atoms with E-state index in [1.54, 1.807) is 18.9 Å². The van der Waals surface area contributed by atoms with E-state index in [4.69, 9.17) is 4.52 Å². The molecule has 2 aromatic heterocycles. The zero-order valence-corrected chi connectivity index (χ0v) is 16.7. The van der Waals surface area contributed by atoms with Crippen molar-refractivity contribution in [2.75, 3.05) is 13.6 Å². The second-order valence-electron chi connectivity index (χ2n) is 7.28. The van der Waals surface area contributed by atoms with Crippen molar-refractivity contribution in [2.45, 2.75) is 33.4 Å². The lowest BCUT2D eigenvalue weighted by molar-refractivity contribution is -0.137. The van der Waals surface area contributed by atoms with Crippen molar-refractivity contribution in [1.82, 2.24) is 15.0 Å². The molecule has 3 rings (SSSR count). The molecule has 0 radical (unpaired) electrons. The minimum atomic E-state index is -4.47. The third kappa shape index (κ3) is 4.26. The first-order valence-corrected chi connectivity index (χ1v) is 9.32. The van der Waals surface area contributed by atoms with Crippen LogP contribution in [0, 0.1) is 12.8 Å². The third-order valence-electron chi connectivity index (χ3n) is 4.96. The summed E-state index contributed by atoms with van der Waals surface area (Å²) in [7, 11) is 1.70. The van der Waals surface area contributed by atoms with E-state index in [9.17, 15) is 18.0 Å². The third-order valence-corrected chi connectivity index (χ3v) is 4.96. The lowest BCUT2D eigenvalue weighted by Gasteiger charge is -2.21. The van der Waals surface area contributed by atoms with E-state index in [0.717, 1.165) is 18.6 Å². The number of carbonyl (C=O) groups excluding carboxylic acids is 1. The number of hydrogen-bond donors (Lipinski definition) is 0. The first kappa shape index (κ1) is 20.8. The van der Waals surface area contributed by atoms with Gasteiger partial charge in [0.05, 0.1) is 27.9 Å². The topological polar surface area (TPSA) is 59.2 Å². The highest BCUT2D eigenvalue weighted by Gasteiger charge is 2.31. The van der Waals surface area contributed by atoms with E-state index in [1.807, 2.05) is 13.8 Å². The van der Waals surface area contributed by atoms with Gasteiger partial charge in [-0.2, -0.15) is 13.2 Å². The summed E-state index contributed by atoms with van der Waals surface area (Å²) >= 11 is 0. The zero-order chi connectivity index (χ0) is 21.3. The average molecular weight is 405 g/mol. The number of alkyl halides is 3. The predicted octanol–water partition coefficient (Wildman–Crippen LogP) is 5.34. The summed E-state index contributed by atoms with van der Waals surface area (Å²) in [6.45, 7) is 6.35. The minimum Gasteiger partial charge on any atom is -0.341 e. The maximum atomic E-state index is 13.1. The molecule has 0 bridgehead atoms. The minimum absolute atomic E-state index is 0.123. The van der Waals surface area contributed by atoms with Crippen LogP contribution in [0.15, 0.2) is 34.9 Å². The second-order valence-corrected chi connectivity index (χ2v) is 7.28. The molecule has 0 aliphatic rings. The van der Waals surface area contributed by atoms with Crippen molar-refractivity contribution in [1.29, 1.82) is 0 Å². The summed E-state index contributed by atoms with van der Waals surface area (Å²) in [4.78, 5) is 19.0. The molecule has 3 aromatic rings. The lowest BCUT2D eigenvalue weighted by atomic mass is 10.0. The molecule has 0 N–H and O–H groups in total. The standard InChI is InChI=1S/C21H22F3N3O2/c1-5-12(2)11-27(4)20(28)16-10-17(25-19-18(16)13(3)26-29-19)14-7-6-8-15(9-14)21(22,23)24/h6-10,12H,5,11H2,1-4H3. The molecular formula is C21H22F3N3O2. The van der Waals surface area contributed by atoms with Gasteiger partial charge in [-0.15, -0.1) is 0 Å². The fourth-order valence-electron chi connectivity index (χ4n) is 3.15. The Hall–Kier alpha value is -2.90. The first-order chi connectivity index (χ1) is 13.6. The molecular weight excluding hydrogens is 383 g/mol. The van der Waals surface area contributed by atoms with Crippen LogP contribution in [0.1, 0.15) is 41.9 Å². The van der Waals surface area contributed by atoms with Gasteiger partial charge in [0.15, 0.2) is 0 Å². The van der Waals surface area contributed by atoms with Crippen LogP contribution in [-0.4, -0.2) is 34.5 Å². The normalized spacial score (nSPS) is 12.9. The van der Waals surface area contributed by atoms with Gasteiger partial charge in [-0.25, -0.2) is 4.98 Å². The number of benzene rings is 1. The zero-order valence-electron chi connectivity index (χ0n) is 16.7. The van der Waals surface area contributed by atoms with Gasteiger partial charge in [-0.1, -0.05) is 37.6 Å². The summed E-state index contributed by atoms with van der Waals surface area (Å²) < 4.78 is 44.5. The molecule has 29 heavy (non-hydrogen) atoms.